The lowest BCUT2D eigenvalue weighted by molar-refractivity contribution is -0.137. The molecule has 2 amide bonds. The third kappa shape index (κ3) is 5.06. The van der Waals surface area contributed by atoms with Gasteiger partial charge < -0.3 is 15.3 Å². The number of carboxylic acids is 1. The Labute approximate surface area is 122 Å². The zero-order chi connectivity index (χ0) is 15.2. The van der Waals surface area contributed by atoms with Crippen LogP contribution in [0.2, 0.25) is 0 Å². The summed E-state index contributed by atoms with van der Waals surface area (Å²) in [6, 6.07) is 6.18. The first-order valence-corrected chi connectivity index (χ1v) is 7.07. The second-order valence-electron chi connectivity index (χ2n) is 5.18. The number of carboxylic acid groups (broad SMARTS) is 1. The quantitative estimate of drug-likeness (QED) is 0.808. The molecular formula is C15H19FN2O3. The molecule has 5 nitrogen and oxygen atoms in total. The molecule has 0 atom stereocenters. The van der Waals surface area contributed by atoms with Crippen molar-refractivity contribution in [2.75, 3.05) is 13.1 Å². The highest BCUT2D eigenvalue weighted by molar-refractivity contribution is 5.76. The number of urea groups is 1. The summed E-state index contributed by atoms with van der Waals surface area (Å²) in [6.07, 6.45) is 2.35. The van der Waals surface area contributed by atoms with Crippen molar-refractivity contribution >= 4 is 12.0 Å². The number of hydrogen-bond donors (Lipinski definition) is 2. The fourth-order valence-electron chi connectivity index (χ4n) is 2.16. The van der Waals surface area contributed by atoms with Crippen LogP contribution in [0.5, 0.6) is 0 Å². The molecule has 1 aliphatic carbocycles. The minimum absolute atomic E-state index is 0.0478. The van der Waals surface area contributed by atoms with Crippen molar-refractivity contribution in [3.05, 3.63) is 35.6 Å². The van der Waals surface area contributed by atoms with Crippen molar-refractivity contribution in [1.82, 2.24) is 10.2 Å². The number of amides is 2. The van der Waals surface area contributed by atoms with Gasteiger partial charge in [0.15, 0.2) is 0 Å². The van der Waals surface area contributed by atoms with Crippen LogP contribution in [-0.2, 0) is 11.2 Å². The van der Waals surface area contributed by atoms with Gasteiger partial charge in [-0.2, -0.15) is 0 Å². The van der Waals surface area contributed by atoms with Crippen LogP contribution in [0.3, 0.4) is 0 Å². The summed E-state index contributed by atoms with van der Waals surface area (Å²) in [4.78, 5) is 24.2. The molecule has 114 valence electrons. The number of carbonyl (C=O) groups excluding carboxylic acids is 1. The highest BCUT2D eigenvalue weighted by atomic mass is 19.1. The van der Waals surface area contributed by atoms with E-state index in [-0.39, 0.29) is 30.9 Å². The number of halogens is 1. The molecule has 1 saturated carbocycles. The number of carbonyl (C=O) groups is 2. The summed E-state index contributed by atoms with van der Waals surface area (Å²) < 4.78 is 13.0. The maximum atomic E-state index is 13.0. The predicted octanol–water partition coefficient (Wildman–Crippen LogP) is 2.02. The maximum absolute atomic E-state index is 13.0. The highest BCUT2D eigenvalue weighted by Crippen LogP contribution is 2.26. The Morgan fingerprint density at radius 2 is 2.14 bits per heavy atom. The molecule has 0 heterocycles. The van der Waals surface area contributed by atoms with E-state index < -0.39 is 5.97 Å². The molecule has 0 saturated heterocycles. The Bertz CT molecular complexity index is 517. The van der Waals surface area contributed by atoms with Gasteiger partial charge in [0.2, 0.25) is 0 Å². The maximum Gasteiger partial charge on any atom is 0.317 e. The summed E-state index contributed by atoms with van der Waals surface area (Å²) in [5, 5.41) is 11.5. The Hall–Kier alpha value is -2.11. The van der Waals surface area contributed by atoms with Crippen molar-refractivity contribution in [2.24, 2.45) is 0 Å². The minimum Gasteiger partial charge on any atom is -0.481 e. The van der Waals surface area contributed by atoms with Gasteiger partial charge in [-0.1, -0.05) is 12.1 Å². The van der Waals surface area contributed by atoms with Gasteiger partial charge in [0.1, 0.15) is 5.82 Å². The summed E-state index contributed by atoms with van der Waals surface area (Å²) in [6.45, 7) is 0.629. The molecule has 0 aliphatic heterocycles. The van der Waals surface area contributed by atoms with Crippen LogP contribution in [0.25, 0.3) is 0 Å². The second kappa shape index (κ2) is 7.06. The number of hydrogen-bond acceptors (Lipinski definition) is 2. The molecule has 0 aromatic heterocycles. The Morgan fingerprint density at radius 1 is 1.38 bits per heavy atom. The Morgan fingerprint density at radius 3 is 2.76 bits per heavy atom. The number of aliphatic carboxylic acids is 1. The van der Waals surface area contributed by atoms with Crippen LogP contribution in [-0.4, -0.2) is 41.1 Å². The largest absolute Gasteiger partial charge is 0.481 e. The number of nitrogens with zero attached hydrogens (tertiary/aromatic N) is 1. The zero-order valence-electron chi connectivity index (χ0n) is 11.7. The fraction of sp³-hybridized carbons (Fsp3) is 0.467. The summed E-state index contributed by atoms with van der Waals surface area (Å²) >= 11 is 0. The van der Waals surface area contributed by atoms with Crippen LogP contribution in [0.15, 0.2) is 24.3 Å². The molecule has 1 aliphatic rings. The van der Waals surface area contributed by atoms with Crippen molar-refractivity contribution < 1.29 is 19.1 Å². The van der Waals surface area contributed by atoms with E-state index in [1.807, 2.05) is 0 Å². The molecule has 0 unspecified atom stereocenters. The third-order valence-corrected chi connectivity index (χ3v) is 3.39. The summed E-state index contributed by atoms with van der Waals surface area (Å²) in [5.41, 5.74) is 0.818. The van der Waals surface area contributed by atoms with Gasteiger partial charge in [-0.15, -0.1) is 0 Å². The molecule has 21 heavy (non-hydrogen) atoms. The van der Waals surface area contributed by atoms with Crippen LogP contribution in [0.4, 0.5) is 9.18 Å². The van der Waals surface area contributed by atoms with Gasteiger partial charge >= 0.3 is 12.0 Å². The van der Waals surface area contributed by atoms with E-state index in [4.69, 9.17) is 5.11 Å². The lowest BCUT2D eigenvalue weighted by atomic mass is 10.1. The Balaban J connectivity index is 1.78. The molecule has 1 aromatic rings. The van der Waals surface area contributed by atoms with Gasteiger partial charge in [-0.3, -0.25) is 4.79 Å². The Kier molecular flexibility index (Phi) is 5.14. The highest BCUT2D eigenvalue weighted by Gasteiger charge is 2.32. The minimum atomic E-state index is -0.909. The van der Waals surface area contributed by atoms with Crippen LogP contribution in [0, 0.1) is 5.82 Å². The smallest absolute Gasteiger partial charge is 0.317 e. The first-order chi connectivity index (χ1) is 10.1. The third-order valence-electron chi connectivity index (χ3n) is 3.39. The first kappa shape index (κ1) is 15.3. The van der Waals surface area contributed by atoms with E-state index in [1.165, 1.54) is 12.1 Å². The average Bonchev–Trinajstić information content (AvgIpc) is 3.23. The summed E-state index contributed by atoms with van der Waals surface area (Å²) in [5.74, 6) is -1.20. The van der Waals surface area contributed by atoms with Gasteiger partial charge in [0, 0.05) is 19.1 Å². The number of rotatable bonds is 7. The monoisotopic (exact) mass is 294 g/mol. The molecule has 0 radical (unpaired) electrons. The molecule has 2 rings (SSSR count). The zero-order valence-corrected chi connectivity index (χ0v) is 11.7. The van der Waals surface area contributed by atoms with Gasteiger partial charge in [0.25, 0.3) is 0 Å². The van der Waals surface area contributed by atoms with E-state index in [0.717, 1.165) is 18.4 Å². The second-order valence-corrected chi connectivity index (χ2v) is 5.18. The van der Waals surface area contributed by atoms with Crippen LogP contribution >= 0.6 is 0 Å². The lowest BCUT2D eigenvalue weighted by Gasteiger charge is -2.22. The van der Waals surface area contributed by atoms with E-state index in [0.29, 0.717) is 13.0 Å². The van der Waals surface area contributed by atoms with E-state index in [1.54, 1.807) is 17.0 Å². The molecule has 0 bridgehead atoms. The lowest BCUT2D eigenvalue weighted by Crippen LogP contribution is -2.43. The average molecular weight is 294 g/mol. The van der Waals surface area contributed by atoms with E-state index in [2.05, 4.69) is 5.32 Å². The first-order valence-electron chi connectivity index (χ1n) is 7.07. The molecule has 0 spiro atoms. The van der Waals surface area contributed by atoms with Crippen molar-refractivity contribution in [3.8, 4) is 0 Å². The summed E-state index contributed by atoms with van der Waals surface area (Å²) in [7, 11) is 0. The van der Waals surface area contributed by atoms with Gasteiger partial charge in [-0.25, -0.2) is 9.18 Å². The fourth-order valence-corrected chi connectivity index (χ4v) is 2.16. The molecule has 1 fully saturated rings. The van der Waals surface area contributed by atoms with Crippen LogP contribution in [0.1, 0.15) is 24.8 Å². The van der Waals surface area contributed by atoms with Crippen molar-refractivity contribution in [1.29, 1.82) is 0 Å². The predicted molar refractivity (Wildman–Crippen MR) is 75.5 cm³/mol. The standard InChI is InChI=1S/C15H19FN2O3/c16-12-3-1-2-11(10-12)6-8-17-15(21)18(13-4-5-13)9-7-14(19)20/h1-3,10,13H,4-9H2,(H,17,21)(H,19,20). The van der Waals surface area contributed by atoms with Gasteiger partial charge in [-0.05, 0) is 37.0 Å². The van der Waals surface area contributed by atoms with Gasteiger partial charge in [0.05, 0.1) is 6.42 Å². The van der Waals surface area contributed by atoms with E-state index >= 15 is 0 Å². The van der Waals surface area contributed by atoms with Crippen LogP contribution < -0.4 is 5.32 Å². The molecular weight excluding hydrogens is 275 g/mol. The SMILES string of the molecule is O=C(O)CCN(C(=O)NCCc1cccc(F)c1)C1CC1. The molecule has 1 aromatic carbocycles. The number of nitrogens with one attached hydrogen (secondary N) is 1. The van der Waals surface area contributed by atoms with Crippen molar-refractivity contribution in [3.63, 3.8) is 0 Å². The molecule has 2 N–H and O–H groups in total. The van der Waals surface area contributed by atoms with E-state index in [9.17, 15) is 14.0 Å². The number of benzene rings is 1. The molecule has 6 heteroatoms. The topological polar surface area (TPSA) is 69.6 Å². The van der Waals surface area contributed by atoms with Crippen molar-refractivity contribution in [2.45, 2.75) is 31.7 Å². The normalized spacial score (nSPS) is 13.8.